The van der Waals surface area contributed by atoms with Crippen LogP contribution in [0.5, 0.6) is 0 Å². The number of amides is 1. The van der Waals surface area contributed by atoms with Crippen LogP contribution in [0.1, 0.15) is 54.9 Å². The van der Waals surface area contributed by atoms with Crippen molar-refractivity contribution in [3.63, 3.8) is 0 Å². The first kappa shape index (κ1) is 19.2. The number of rotatable bonds is 6. The number of carbonyl (C=O) groups is 1. The molecule has 0 aromatic heterocycles. The second kappa shape index (κ2) is 6.76. The zero-order chi connectivity index (χ0) is 16.2. The summed E-state index contributed by atoms with van der Waals surface area (Å²) >= 11 is 0. The molecule has 120 valence electrons. The van der Waals surface area contributed by atoms with E-state index in [0.29, 0.717) is 13.1 Å². The number of nitrogens with two attached hydrogens (primary N) is 1. The van der Waals surface area contributed by atoms with Crippen molar-refractivity contribution in [1.82, 2.24) is 10.2 Å². The van der Waals surface area contributed by atoms with Crippen LogP contribution in [-0.4, -0.2) is 47.8 Å². The summed E-state index contributed by atoms with van der Waals surface area (Å²) in [5.74, 6) is 0. The zero-order valence-electron chi connectivity index (χ0n) is 14.5. The molecule has 0 rings (SSSR count). The van der Waals surface area contributed by atoms with Crippen LogP contribution in [0.25, 0.3) is 0 Å². The molecule has 0 unspecified atom stereocenters. The molecule has 0 aromatic carbocycles. The molecule has 5 heteroatoms. The van der Waals surface area contributed by atoms with Crippen LogP contribution in [-0.2, 0) is 4.74 Å². The van der Waals surface area contributed by atoms with Crippen molar-refractivity contribution < 1.29 is 9.53 Å². The van der Waals surface area contributed by atoms with Gasteiger partial charge in [-0.25, -0.2) is 4.79 Å². The van der Waals surface area contributed by atoms with Gasteiger partial charge in [-0.15, -0.1) is 0 Å². The van der Waals surface area contributed by atoms with E-state index in [1.54, 1.807) is 11.9 Å². The highest BCUT2D eigenvalue weighted by Crippen LogP contribution is 2.17. The first-order valence-corrected chi connectivity index (χ1v) is 7.20. The first-order chi connectivity index (χ1) is 8.72. The maximum atomic E-state index is 11.8. The molecule has 0 saturated carbocycles. The van der Waals surface area contributed by atoms with E-state index in [4.69, 9.17) is 10.5 Å². The van der Waals surface area contributed by atoms with Gasteiger partial charge < -0.3 is 20.7 Å². The van der Waals surface area contributed by atoms with Gasteiger partial charge in [-0.3, -0.25) is 0 Å². The van der Waals surface area contributed by atoms with Crippen LogP contribution in [0.15, 0.2) is 0 Å². The first-order valence-electron chi connectivity index (χ1n) is 7.20. The van der Waals surface area contributed by atoms with E-state index in [9.17, 15) is 4.79 Å². The number of likely N-dealkylation sites (N-methyl/N-ethyl adjacent to an activating group) is 1. The molecule has 20 heavy (non-hydrogen) atoms. The molecule has 0 saturated heterocycles. The third-order valence-corrected chi connectivity index (χ3v) is 2.65. The fourth-order valence-corrected chi connectivity index (χ4v) is 2.19. The Morgan fingerprint density at radius 1 is 1.15 bits per heavy atom. The van der Waals surface area contributed by atoms with E-state index >= 15 is 0 Å². The Balaban J connectivity index is 4.14. The molecule has 0 aliphatic rings. The molecule has 5 nitrogen and oxygen atoms in total. The summed E-state index contributed by atoms with van der Waals surface area (Å²) in [5, 5.41) is 3.43. The Hall–Kier alpha value is -0.810. The van der Waals surface area contributed by atoms with Gasteiger partial charge in [0.15, 0.2) is 0 Å². The number of nitrogens with one attached hydrogen (secondary N) is 1. The molecule has 1 amide bonds. The van der Waals surface area contributed by atoms with Crippen LogP contribution in [0, 0.1) is 0 Å². The normalized spacial score (nSPS) is 13.2. The highest BCUT2D eigenvalue weighted by Gasteiger charge is 2.25. The SMILES string of the molecule is CN(CCNC(C)(C)CC(C)(C)N)C(=O)OC(C)(C)C. The lowest BCUT2D eigenvalue weighted by Gasteiger charge is -2.34. The summed E-state index contributed by atoms with van der Waals surface area (Å²) in [6.45, 7) is 15.2. The standard InChI is InChI=1S/C15H33N3O2/c1-13(2,3)20-12(19)18(8)10-9-17-15(6,7)11-14(4,5)16/h17H,9-11,16H2,1-8H3. The van der Waals surface area contributed by atoms with Crippen LogP contribution in [0.3, 0.4) is 0 Å². The molecule has 0 heterocycles. The molecule has 0 atom stereocenters. The van der Waals surface area contributed by atoms with E-state index in [0.717, 1.165) is 6.42 Å². The highest BCUT2D eigenvalue weighted by atomic mass is 16.6. The number of hydrogen-bond acceptors (Lipinski definition) is 4. The monoisotopic (exact) mass is 287 g/mol. The summed E-state index contributed by atoms with van der Waals surface area (Å²) in [6.07, 6.45) is 0.562. The number of ether oxygens (including phenoxy) is 1. The molecule has 0 aliphatic carbocycles. The van der Waals surface area contributed by atoms with Crippen LogP contribution in [0.2, 0.25) is 0 Å². The third-order valence-electron chi connectivity index (χ3n) is 2.65. The molecular weight excluding hydrogens is 254 g/mol. The average Bonchev–Trinajstić information content (AvgIpc) is 2.09. The smallest absolute Gasteiger partial charge is 0.410 e. The van der Waals surface area contributed by atoms with E-state index in [1.807, 2.05) is 34.6 Å². The predicted octanol–water partition coefficient (Wildman–Crippen LogP) is 2.35. The summed E-state index contributed by atoms with van der Waals surface area (Å²) in [7, 11) is 1.75. The Bertz CT molecular complexity index is 314. The number of carbonyl (C=O) groups excluding carboxylic acids is 1. The van der Waals surface area contributed by atoms with Gasteiger partial charge in [0.1, 0.15) is 5.60 Å². The summed E-state index contributed by atoms with van der Waals surface area (Å²) < 4.78 is 5.30. The van der Waals surface area contributed by atoms with E-state index < -0.39 is 5.60 Å². The van der Waals surface area contributed by atoms with Crippen LogP contribution < -0.4 is 11.1 Å². The van der Waals surface area contributed by atoms with Gasteiger partial charge in [0, 0.05) is 31.2 Å². The van der Waals surface area contributed by atoms with Gasteiger partial charge in [-0.1, -0.05) is 0 Å². The highest BCUT2D eigenvalue weighted by molar-refractivity contribution is 5.67. The lowest BCUT2D eigenvalue weighted by Crippen LogP contribution is -2.50. The second-order valence-electron chi connectivity index (χ2n) is 7.88. The van der Waals surface area contributed by atoms with Crippen LogP contribution in [0.4, 0.5) is 4.79 Å². The van der Waals surface area contributed by atoms with Crippen molar-refractivity contribution in [2.24, 2.45) is 5.73 Å². The molecule has 0 bridgehead atoms. The molecule has 0 radical (unpaired) electrons. The van der Waals surface area contributed by atoms with E-state index in [2.05, 4.69) is 19.2 Å². The number of hydrogen-bond donors (Lipinski definition) is 2. The second-order valence-corrected chi connectivity index (χ2v) is 7.88. The Morgan fingerprint density at radius 2 is 1.65 bits per heavy atom. The summed E-state index contributed by atoms with van der Waals surface area (Å²) in [4.78, 5) is 13.4. The summed E-state index contributed by atoms with van der Waals surface area (Å²) in [6, 6.07) is 0. The minimum atomic E-state index is -0.457. The van der Waals surface area contributed by atoms with Gasteiger partial charge >= 0.3 is 6.09 Å². The number of nitrogens with zero attached hydrogens (tertiary/aromatic N) is 1. The van der Waals surface area contributed by atoms with E-state index in [1.165, 1.54) is 0 Å². The van der Waals surface area contributed by atoms with Gasteiger partial charge in [0.25, 0.3) is 0 Å². The van der Waals surface area contributed by atoms with Crippen LogP contribution >= 0.6 is 0 Å². The molecular formula is C15H33N3O2. The van der Waals surface area contributed by atoms with Crippen molar-refractivity contribution >= 4 is 6.09 Å². The Kier molecular flexibility index (Phi) is 6.49. The molecule has 0 spiro atoms. The Morgan fingerprint density at radius 3 is 2.05 bits per heavy atom. The third kappa shape index (κ3) is 10.0. The quantitative estimate of drug-likeness (QED) is 0.787. The van der Waals surface area contributed by atoms with Crippen molar-refractivity contribution in [1.29, 1.82) is 0 Å². The minimum Gasteiger partial charge on any atom is -0.444 e. The van der Waals surface area contributed by atoms with Gasteiger partial charge in [-0.2, -0.15) is 0 Å². The van der Waals surface area contributed by atoms with Gasteiger partial charge in [0.2, 0.25) is 0 Å². The molecule has 0 aromatic rings. The minimum absolute atomic E-state index is 0.0625. The lowest BCUT2D eigenvalue weighted by molar-refractivity contribution is 0.0296. The van der Waals surface area contributed by atoms with Crippen molar-refractivity contribution in [2.45, 2.75) is 71.6 Å². The maximum absolute atomic E-state index is 11.8. The lowest BCUT2D eigenvalue weighted by atomic mass is 9.88. The Labute approximate surface area is 124 Å². The predicted molar refractivity (Wildman–Crippen MR) is 83.8 cm³/mol. The largest absolute Gasteiger partial charge is 0.444 e. The fraction of sp³-hybridized carbons (Fsp3) is 0.933. The van der Waals surface area contributed by atoms with Crippen molar-refractivity contribution in [3.8, 4) is 0 Å². The molecule has 3 N–H and O–H groups in total. The maximum Gasteiger partial charge on any atom is 0.410 e. The van der Waals surface area contributed by atoms with Crippen molar-refractivity contribution in [3.05, 3.63) is 0 Å². The zero-order valence-corrected chi connectivity index (χ0v) is 14.5. The average molecular weight is 287 g/mol. The van der Waals surface area contributed by atoms with Gasteiger partial charge in [0.05, 0.1) is 0 Å². The van der Waals surface area contributed by atoms with Gasteiger partial charge in [-0.05, 0) is 54.9 Å². The molecule has 0 aliphatic heterocycles. The topological polar surface area (TPSA) is 67.6 Å². The fourth-order valence-electron chi connectivity index (χ4n) is 2.19. The van der Waals surface area contributed by atoms with Crippen molar-refractivity contribution in [2.75, 3.05) is 20.1 Å². The van der Waals surface area contributed by atoms with E-state index in [-0.39, 0.29) is 17.2 Å². The summed E-state index contributed by atoms with van der Waals surface area (Å²) in [5.41, 5.74) is 5.31. The molecule has 0 fully saturated rings.